The maximum Gasteiger partial charge on any atom is 0.0361 e. The first-order valence-electron chi connectivity index (χ1n) is 6.30. The first-order chi connectivity index (χ1) is 7.11. The van der Waals surface area contributed by atoms with Gasteiger partial charge in [-0.05, 0) is 44.6 Å². The van der Waals surface area contributed by atoms with Crippen LogP contribution in [0.2, 0.25) is 0 Å². The van der Waals surface area contributed by atoms with Crippen LogP contribution >= 0.6 is 0 Å². The molecule has 0 bridgehead atoms. The number of nitrogens with zero attached hydrogens (tertiary/aromatic N) is 1. The largest absolute Gasteiger partial charge is 0.369 e. The normalized spacial score (nSPS) is 21.5. The molecule has 1 heterocycles. The predicted octanol–water partition coefficient (Wildman–Crippen LogP) is 3.73. The highest BCUT2D eigenvalue weighted by Crippen LogP contribution is 2.39. The van der Waals surface area contributed by atoms with E-state index in [-0.39, 0.29) is 0 Å². The van der Waals surface area contributed by atoms with E-state index in [1.807, 2.05) is 0 Å². The van der Waals surface area contributed by atoms with Crippen molar-refractivity contribution in [3.63, 3.8) is 0 Å². The first-order valence-corrected chi connectivity index (χ1v) is 6.30. The van der Waals surface area contributed by atoms with Crippen molar-refractivity contribution < 1.29 is 0 Å². The number of likely N-dealkylation sites (tertiary alicyclic amines) is 1. The molecule has 0 saturated carbocycles. The van der Waals surface area contributed by atoms with E-state index in [1.165, 1.54) is 25.8 Å². The van der Waals surface area contributed by atoms with Crippen molar-refractivity contribution in [1.82, 2.24) is 4.90 Å². The zero-order valence-electron chi connectivity index (χ0n) is 10.5. The molecule has 0 amide bonds. The Labute approximate surface area is 93.9 Å². The van der Waals surface area contributed by atoms with E-state index < -0.39 is 0 Å². The quantitative estimate of drug-likeness (QED) is 0.664. The Bertz CT molecular complexity index is 307. The number of hydrogen-bond donors (Lipinski definition) is 0. The summed E-state index contributed by atoms with van der Waals surface area (Å²) in [5.74, 6) is 0.732. The predicted molar refractivity (Wildman–Crippen MR) is 65.6 cm³/mol. The van der Waals surface area contributed by atoms with Gasteiger partial charge in [-0.15, -0.1) is 0 Å². The van der Waals surface area contributed by atoms with Crippen molar-refractivity contribution in [2.45, 2.75) is 53.0 Å². The van der Waals surface area contributed by atoms with Crippen molar-refractivity contribution in [3.8, 4) is 0 Å². The molecule has 1 fully saturated rings. The Morgan fingerprint density at radius 3 is 2.47 bits per heavy atom. The Morgan fingerprint density at radius 2 is 1.87 bits per heavy atom. The van der Waals surface area contributed by atoms with E-state index in [1.54, 1.807) is 16.8 Å². The van der Waals surface area contributed by atoms with Crippen molar-refractivity contribution in [1.29, 1.82) is 0 Å². The summed E-state index contributed by atoms with van der Waals surface area (Å²) < 4.78 is 0. The SMILES string of the molecule is CC(C)C1=C2CCN(C(C)C)C2=CCC1. The molecule has 2 aliphatic rings. The van der Waals surface area contributed by atoms with E-state index >= 15 is 0 Å². The second kappa shape index (κ2) is 4.03. The molecule has 0 N–H and O–H groups in total. The molecular formula is C14H23N. The lowest BCUT2D eigenvalue weighted by Crippen LogP contribution is -2.26. The van der Waals surface area contributed by atoms with Crippen LogP contribution in [0.25, 0.3) is 0 Å². The Kier molecular flexibility index (Phi) is 2.90. The monoisotopic (exact) mass is 205 g/mol. The van der Waals surface area contributed by atoms with Crippen LogP contribution in [0.3, 0.4) is 0 Å². The third kappa shape index (κ3) is 1.84. The third-order valence-electron chi connectivity index (χ3n) is 3.68. The highest BCUT2D eigenvalue weighted by Gasteiger charge is 2.28. The third-order valence-corrected chi connectivity index (χ3v) is 3.68. The van der Waals surface area contributed by atoms with Crippen LogP contribution < -0.4 is 0 Å². The fraction of sp³-hybridized carbons (Fsp3) is 0.714. The van der Waals surface area contributed by atoms with Gasteiger partial charge in [0.2, 0.25) is 0 Å². The Balaban J connectivity index is 2.32. The molecule has 0 aromatic carbocycles. The first kappa shape index (κ1) is 10.8. The average Bonchev–Trinajstić information content (AvgIpc) is 2.59. The minimum atomic E-state index is 0.653. The average molecular weight is 205 g/mol. The maximum atomic E-state index is 2.57. The van der Waals surface area contributed by atoms with Crippen molar-refractivity contribution in [2.75, 3.05) is 6.54 Å². The smallest absolute Gasteiger partial charge is 0.0361 e. The maximum absolute atomic E-state index is 2.57. The molecule has 1 nitrogen and oxygen atoms in total. The number of rotatable bonds is 2. The number of fused-ring (bicyclic) bond motifs is 1. The second-order valence-corrected chi connectivity index (χ2v) is 5.32. The molecular weight excluding hydrogens is 182 g/mol. The molecule has 1 saturated heterocycles. The summed E-state index contributed by atoms with van der Waals surface area (Å²) in [6.07, 6.45) is 6.27. The highest BCUT2D eigenvalue weighted by molar-refractivity contribution is 5.42. The van der Waals surface area contributed by atoms with Crippen LogP contribution in [0, 0.1) is 5.92 Å². The van der Waals surface area contributed by atoms with Gasteiger partial charge in [0.15, 0.2) is 0 Å². The summed E-state index contributed by atoms with van der Waals surface area (Å²) in [5.41, 5.74) is 4.94. The van der Waals surface area contributed by atoms with Gasteiger partial charge < -0.3 is 4.90 Å². The van der Waals surface area contributed by atoms with Gasteiger partial charge in [-0.1, -0.05) is 25.5 Å². The molecule has 84 valence electrons. The zero-order valence-corrected chi connectivity index (χ0v) is 10.5. The van der Waals surface area contributed by atoms with Gasteiger partial charge in [-0.25, -0.2) is 0 Å². The van der Waals surface area contributed by atoms with Gasteiger partial charge in [0.05, 0.1) is 0 Å². The van der Waals surface area contributed by atoms with E-state index in [9.17, 15) is 0 Å². The van der Waals surface area contributed by atoms with Gasteiger partial charge in [-0.2, -0.15) is 0 Å². The van der Waals surface area contributed by atoms with Crippen LogP contribution in [0.5, 0.6) is 0 Å². The Morgan fingerprint density at radius 1 is 1.13 bits per heavy atom. The van der Waals surface area contributed by atoms with Crippen LogP contribution in [0.4, 0.5) is 0 Å². The van der Waals surface area contributed by atoms with Crippen molar-refractivity contribution >= 4 is 0 Å². The molecule has 0 spiro atoms. The highest BCUT2D eigenvalue weighted by atomic mass is 15.2. The summed E-state index contributed by atoms with van der Waals surface area (Å²) >= 11 is 0. The topological polar surface area (TPSA) is 3.24 Å². The summed E-state index contributed by atoms with van der Waals surface area (Å²) in [7, 11) is 0. The van der Waals surface area contributed by atoms with Crippen LogP contribution in [-0.2, 0) is 0 Å². The molecule has 1 aliphatic heterocycles. The molecule has 2 rings (SSSR count). The van der Waals surface area contributed by atoms with Gasteiger partial charge in [-0.3, -0.25) is 0 Å². The van der Waals surface area contributed by atoms with Gasteiger partial charge in [0, 0.05) is 18.3 Å². The zero-order chi connectivity index (χ0) is 11.0. The van der Waals surface area contributed by atoms with E-state index in [0.29, 0.717) is 6.04 Å². The van der Waals surface area contributed by atoms with E-state index in [2.05, 4.69) is 38.7 Å². The number of hydrogen-bond acceptors (Lipinski definition) is 1. The molecule has 0 unspecified atom stereocenters. The molecule has 0 atom stereocenters. The fourth-order valence-corrected chi connectivity index (χ4v) is 2.91. The lowest BCUT2D eigenvalue weighted by Gasteiger charge is -2.28. The lowest BCUT2D eigenvalue weighted by atomic mass is 9.87. The van der Waals surface area contributed by atoms with Crippen LogP contribution in [0.1, 0.15) is 47.0 Å². The standard InChI is InChI=1S/C14H23N/c1-10(2)12-6-5-7-14-13(12)8-9-15(14)11(3)4/h7,10-11H,5-6,8-9H2,1-4H3. The van der Waals surface area contributed by atoms with Gasteiger partial charge in [0.1, 0.15) is 0 Å². The molecule has 1 heteroatoms. The van der Waals surface area contributed by atoms with Gasteiger partial charge >= 0.3 is 0 Å². The van der Waals surface area contributed by atoms with Crippen molar-refractivity contribution in [3.05, 3.63) is 22.9 Å². The van der Waals surface area contributed by atoms with E-state index in [0.717, 1.165) is 5.92 Å². The fourth-order valence-electron chi connectivity index (χ4n) is 2.91. The minimum Gasteiger partial charge on any atom is -0.369 e. The molecule has 0 aromatic rings. The van der Waals surface area contributed by atoms with Crippen LogP contribution in [-0.4, -0.2) is 17.5 Å². The second-order valence-electron chi connectivity index (χ2n) is 5.32. The minimum absolute atomic E-state index is 0.653. The van der Waals surface area contributed by atoms with Crippen LogP contribution in [0.15, 0.2) is 22.9 Å². The number of allylic oxidation sites excluding steroid dienone is 3. The molecule has 0 aromatic heterocycles. The van der Waals surface area contributed by atoms with Crippen molar-refractivity contribution in [2.24, 2.45) is 5.92 Å². The lowest BCUT2D eigenvalue weighted by molar-refractivity contribution is 0.323. The molecule has 1 aliphatic carbocycles. The summed E-state index contributed by atoms with van der Waals surface area (Å²) in [6.45, 7) is 10.5. The summed E-state index contributed by atoms with van der Waals surface area (Å²) in [5, 5.41) is 0. The summed E-state index contributed by atoms with van der Waals surface area (Å²) in [4.78, 5) is 2.57. The molecule has 15 heavy (non-hydrogen) atoms. The molecule has 0 radical (unpaired) electrons. The van der Waals surface area contributed by atoms with E-state index in [4.69, 9.17) is 0 Å². The van der Waals surface area contributed by atoms with Gasteiger partial charge in [0.25, 0.3) is 0 Å². The summed E-state index contributed by atoms with van der Waals surface area (Å²) in [6, 6.07) is 0.653. The Hall–Kier alpha value is -0.720.